The monoisotopic (exact) mass is 340 g/mol. The van der Waals surface area contributed by atoms with E-state index in [-0.39, 0.29) is 0 Å². The number of hydrogen-bond donors (Lipinski definition) is 1. The van der Waals surface area contributed by atoms with Crippen molar-refractivity contribution in [1.29, 1.82) is 0 Å². The lowest BCUT2D eigenvalue weighted by molar-refractivity contribution is 0.312. The van der Waals surface area contributed by atoms with Gasteiger partial charge in [-0.15, -0.1) is 0 Å². The third kappa shape index (κ3) is 4.23. The lowest BCUT2D eigenvalue weighted by Crippen LogP contribution is -2.44. The van der Waals surface area contributed by atoms with Crippen molar-refractivity contribution >= 4 is 11.5 Å². The summed E-state index contributed by atoms with van der Waals surface area (Å²) < 4.78 is 5.43. The number of pyridine rings is 1. The first-order valence-electron chi connectivity index (χ1n) is 8.84. The van der Waals surface area contributed by atoms with Gasteiger partial charge in [-0.05, 0) is 49.7 Å². The van der Waals surface area contributed by atoms with Gasteiger partial charge in [0.2, 0.25) is 0 Å². The second kappa shape index (κ2) is 7.74. The fourth-order valence-corrected chi connectivity index (χ4v) is 3.38. The summed E-state index contributed by atoms with van der Waals surface area (Å²) in [6, 6.07) is 8.57. The molecule has 0 radical (unpaired) electrons. The number of nitrogens with one attached hydrogen (secondary N) is 1. The maximum absolute atomic E-state index is 5.43. The van der Waals surface area contributed by atoms with E-state index in [1.54, 1.807) is 7.11 Å². The molecule has 0 saturated carbocycles. The van der Waals surface area contributed by atoms with Crippen LogP contribution in [-0.4, -0.2) is 50.2 Å². The van der Waals surface area contributed by atoms with Crippen LogP contribution < -0.4 is 15.0 Å². The number of piperazine rings is 1. The van der Waals surface area contributed by atoms with Crippen LogP contribution in [0.15, 0.2) is 30.5 Å². The molecule has 0 aliphatic carbocycles. The Morgan fingerprint density at radius 3 is 2.32 bits per heavy atom. The summed E-state index contributed by atoms with van der Waals surface area (Å²) in [6.45, 7) is 9.22. The first-order valence-corrected chi connectivity index (χ1v) is 8.84. The van der Waals surface area contributed by atoms with Crippen LogP contribution in [0.1, 0.15) is 16.7 Å². The third-order valence-corrected chi connectivity index (χ3v) is 4.80. The Kier molecular flexibility index (Phi) is 5.43. The molecular formula is C20H28N4O. The summed E-state index contributed by atoms with van der Waals surface area (Å²) in [6.07, 6.45) is 1.93. The van der Waals surface area contributed by atoms with Crippen molar-refractivity contribution in [3.8, 4) is 5.75 Å². The van der Waals surface area contributed by atoms with Gasteiger partial charge in [-0.3, -0.25) is 0 Å². The van der Waals surface area contributed by atoms with E-state index in [1.165, 1.54) is 16.7 Å². The van der Waals surface area contributed by atoms with E-state index in [1.807, 2.05) is 6.20 Å². The van der Waals surface area contributed by atoms with Crippen molar-refractivity contribution in [1.82, 2.24) is 9.88 Å². The topological polar surface area (TPSA) is 40.6 Å². The normalized spacial score (nSPS) is 15.3. The number of aryl methyl sites for hydroxylation is 2. The highest BCUT2D eigenvalue weighted by molar-refractivity contribution is 5.50. The van der Waals surface area contributed by atoms with Gasteiger partial charge in [-0.25, -0.2) is 4.98 Å². The molecule has 5 heteroatoms. The minimum absolute atomic E-state index is 0.779. The van der Waals surface area contributed by atoms with E-state index < -0.39 is 0 Å². The van der Waals surface area contributed by atoms with Gasteiger partial charge in [0, 0.05) is 32.7 Å². The van der Waals surface area contributed by atoms with Crippen molar-refractivity contribution in [2.75, 3.05) is 50.6 Å². The van der Waals surface area contributed by atoms with Crippen LogP contribution in [0.3, 0.4) is 0 Å². The Balaban J connectivity index is 1.60. The second-order valence-electron chi connectivity index (χ2n) is 6.81. The van der Waals surface area contributed by atoms with Crippen LogP contribution in [0.4, 0.5) is 11.5 Å². The van der Waals surface area contributed by atoms with Gasteiger partial charge in [0.15, 0.2) is 0 Å². The van der Waals surface area contributed by atoms with E-state index in [4.69, 9.17) is 4.74 Å². The molecule has 0 bridgehead atoms. The van der Waals surface area contributed by atoms with Crippen LogP contribution in [0, 0.1) is 13.8 Å². The van der Waals surface area contributed by atoms with Crippen molar-refractivity contribution in [2.45, 2.75) is 20.4 Å². The van der Waals surface area contributed by atoms with E-state index >= 15 is 0 Å². The molecule has 1 aliphatic heterocycles. The van der Waals surface area contributed by atoms with Crippen LogP contribution in [0.2, 0.25) is 0 Å². The van der Waals surface area contributed by atoms with E-state index in [2.05, 4.69) is 65.3 Å². The van der Waals surface area contributed by atoms with Gasteiger partial charge in [-0.1, -0.05) is 12.1 Å². The molecule has 1 aromatic heterocycles. The number of ether oxygens (including phenoxy) is 1. The number of likely N-dealkylation sites (N-methyl/N-ethyl adjacent to an activating group) is 1. The number of anilines is 2. The van der Waals surface area contributed by atoms with Gasteiger partial charge >= 0.3 is 0 Å². The third-order valence-electron chi connectivity index (χ3n) is 4.80. The average Bonchev–Trinajstić information content (AvgIpc) is 2.61. The molecule has 1 N–H and O–H groups in total. The second-order valence-corrected chi connectivity index (χ2v) is 6.81. The highest BCUT2D eigenvalue weighted by atomic mass is 16.5. The van der Waals surface area contributed by atoms with E-state index in [9.17, 15) is 0 Å². The van der Waals surface area contributed by atoms with Gasteiger partial charge in [0.25, 0.3) is 0 Å². The molecule has 5 nitrogen and oxygen atoms in total. The van der Waals surface area contributed by atoms with Crippen molar-refractivity contribution in [3.05, 3.63) is 47.2 Å². The summed E-state index contributed by atoms with van der Waals surface area (Å²) >= 11 is 0. The number of benzene rings is 1. The number of rotatable bonds is 5. The lowest BCUT2D eigenvalue weighted by Gasteiger charge is -2.33. The molecule has 3 rings (SSSR count). The molecule has 0 unspecified atom stereocenters. The maximum atomic E-state index is 5.43. The number of nitrogens with zero attached hydrogens (tertiary/aromatic N) is 3. The van der Waals surface area contributed by atoms with Crippen LogP contribution in [0.25, 0.3) is 0 Å². The molecule has 25 heavy (non-hydrogen) atoms. The fourth-order valence-electron chi connectivity index (χ4n) is 3.38. The van der Waals surface area contributed by atoms with E-state index in [0.29, 0.717) is 0 Å². The highest BCUT2D eigenvalue weighted by Crippen LogP contribution is 2.25. The van der Waals surface area contributed by atoms with Gasteiger partial charge in [0.1, 0.15) is 11.6 Å². The smallest absolute Gasteiger partial charge is 0.128 e. The molecular weight excluding hydrogens is 312 g/mol. The Labute approximate surface area is 150 Å². The molecule has 1 fully saturated rings. The Hall–Kier alpha value is -2.27. The molecule has 2 heterocycles. The summed E-state index contributed by atoms with van der Waals surface area (Å²) in [5, 5.41) is 3.46. The number of methoxy groups -OCH3 is 1. The van der Waals surface area contributed by atoms with Crippen LogP contribution in [-0.2, 0) is 6.54 Å². The zero-order valence-corrected chi connectivity index (χ0v) is 15.7. The molecule has 1 aromatic carbocycles. The molecule has 1 saturated heterocycles. The average molecular weight is 340 g/mol. The maximum Gasteiger partial charge on any atom is 0.128 e. The first-order chi connectivity index (χ1) is 12.1. The SMILES string of the molecule is COc1c(C)cc(CNc2ccc(N3CCN(C)CC3)nc2)cc1C. The Morgan fingerprint density at radius 2 is 1.76 bits per heavy atom. The molecule has 2 aromatic rings. The van der Waals surface area contributed by atoms with Crippen LogP contribution >= 0.6 is 0 Å². The minimum Gasteiger partial charge on any atom is -0.496 e. The molecule has 0 atom stereocenters. The van der Waals surface area contributed by atoms with Crippen molar-refractivity contribution in [2.24, 2.45) is 0 Å². The predicted molar refractivity (Wildman–Crippen MR) is 104 cm³/mol. The quantitative estimate of drug-likeness (QED) is 0.906. The van der Waals surface area contributed by atoms with Crippen molar-refractivity contribution in [3.63, 3.8) is 0 Å². The lowest BCUT2D eigenvalue weighted by atomic mass is 10.1. The summed E-state index contributed by atoms with van der Waals surface area (Å²) in [5.74, 6) is 2.04. The molecule has 1 aliphatic rings. The first kappa shape index (κ1) is 17.5. The van der Waals surface area contributed by atoms with Crippen molar-refractivity contribution < 1.29 is 4.74 Å². The van der Waals surface area contributed by atoms with Crippen LogP contribution in [0.5, 0.6) is 5.75 Å². The molecule has 0 spiro atoms. The molecule has 0 amide bonds. The Morgan fingerprint density at radius 1 is 1.08 bits per heavy atom. The molecule has 134 valence electrons. The summed E-state index contributed by atoms with van der Waals surface area (Å²) in [5.41, 5.74) is 4.63. The van der Waals surface area contributed by atoms with Gasteiger partial charge in [0.05, 0.1) is 19.0 Å². The fraction of sp³-hybridized carbons (Fsp3) is 0.450. The predicted octanol–water partition coefficient (Wildman–Crippen LogP) is 3.07. The Bertz CT molecular complexity index is 683. The largest absolute Gasteiger partial charge is 0.496 e. The zero-order chi connectivity index (χ0) is 17.8. The number of hydrogen-bond acceptors (Lipinski definition) is 5. The summed E-state index contributed by atoms with van der Waals surface area (Å²) in [7, 11) is 3.89. The summed E-state index contributed by atoms with van der Waals surface area (Å²) in [4.78, 5) is 9.33. The number of aromatic nitrogens is 1. The zero-order valence-electron chi connectivity index (χ0n) is 15.7. The van der Waals surface area contributed by atoms with Gasteiger partial charge in [-0.2, -0.15) is 0 Å². The van der Waals surface area contributed by atoms with Gasteiger partial charge < -0.3 is 19.9 Å². The van der Waals surface area contributed by atoms with E-state index in [0.717, 1.165) is 50.0 Å². The highest BCUT2D eigenvalue weighted by Gasteiger charge is 2.14. The standard InChI is InChI=1S/C20H28N4O/c1-15-11-17(12-16(2)20(15)25-4)13-21-18-5-6-19(22-14-18)24-9-7-23(3)8-10-24/h5-6,11-12,14,21H,7-10,13H2,1-4H3. The minimum atomic E-state index is 0.779.